The predicted octanol–water partition coefficient (Wildman–Crippen LogP) is 2.21. The number of rotatable bonds is 5. The molecule has 1 saturated carbocycles. The summed E-state index contributed by atoms with van der Waals surface area (Å²) < 4.78 is 5.38. The minimum absolute atomic E-state index is 0. The lowest BCUT2D eigenvalue weighted by molar-refractivity contribution is -0.133. The van der Waals surface area contributed by atoms with E-state index < -0.39 is 0 Å². The van der Waals surface area contributed by atoms with Gasteiger partial charge < -0.3 is 15.0 Å². The second-order valence-corrected chi connectivity index (χ2v) is 6.07. The van der Waals surface area contributed by atoms with Gasteiger partial charge in [-0.2, -0.15) is 0 Å². The Hall–Kier alpha value is -0.320. The molecule has 1 aliphatic heterocycles. The fraction of sp³-hybridized carbons (Fsp3) is 0.933. The highest BCUT2D eigenvalue weighted by Crippen LogP contribution is 2.25. The maximum Gasteiger partial charge on any atom is 0.222 e. The van der Waals surface area contributed by atoms with Crippen molar-refractivity contribution < 1.29 is 9.53 Å². The highest BCUT2D eigenvalue weighted by atomic mass is 35.5. The number of hydrogen-bond donors (Lipinski definition) is 1. The van der Waals surface area contributed by atoms with E-state index in [-0.39, 0.29) is 12.4 Å². The molecule has 0 radical (unpaired) electrons. The molecule has 0 aromatic rings. The first-order chi connectivity index (χ1) is 9.20. The van der Waals surface area contributed by atoms with Crippen molar-refractivity contribution in [2.45, 2.75) is 57.1 Å². The molecule has 20 heavy (non-hydrogen) atoms. The van der Waals surface area contributed by atoms with E-state index in [1.807, 2.05) is 11.9 Å². The maximum atomic E-state index is 12.2. The van der Waals surface area contributed by atoms with Crippen molar-refractivity contribution >= 4 is 18.3 Å². The van der Waals surface area contributed by atoms with Gasteiger partial charge in [-0.1, -0.05) is 0 Å². The van der Waals surface area contributed by atoms with Crippen LogP contribution in [0.1, 0.15) is 44.9 Å². The standard InChI is InChI=1S/C15H28N2O2.ClH/c1-17(13-4-6-14(19-2)7-5-13)15(18)8-3-12-9-10-16-11-12;/h12-14,16H,3-11H2,1-2H3;1H. The summed E-state index contributed by atoms with van der Waals surface area (Å²) in [6, 6.07) is 0.431. The maximum absolute atomic E-state index is 12.2. The number of hydrogen-bond acceptors (Lipinski definition) is 3. The van der Waals surface area contributed by atoms with Gasteiger partial charge in [0.05, 0.1) is 6.10 Å². The Labute approximate surface area is 129 Å². The van der Waals surface area contributed by atoms with Gasteiger partial charge in [0.2, 0.25) is 5.91 Å². The second kappa shape index (κ2) is 8.85. The fourth-order valence-corrected chi connectivity index (χ4v) is 3.34. The quantitative estimate of drug-likeness (QED) is 0.847. The monoisotopic (exact) mass is 304 g/mol. The third-order valence-electron chi connectivity index (χ3n) is 4.85. The van der Waals surface area contributed by atoms with Gasteiger partial charge in [0.1, 0.15) is 0 Å². The average Bonchev–Trinajstić information content (AvgIpc) is 2.97. The second-order valence-electron chi connectivity index (χ2n) is 6.07. The number of nitrogens with one attached hydrogen (secondary N) is 1. The molecule has 1 N–H and O–H groups in total. The molecule has 1 saturated heterocycles. The minimum Gasteiger partial charge on any atom is -0.381 e. The van der Waals surface area contributed by atoms with Crippen LogP contribution in [0.3, 0.4) is 0 Å². The lowest BCUT2D eigenvalue weighted by Gasteiger charge is -2.34. The van der Waals surface area contributed by atoms with E-state index >= 15 is 0 Å². The number of methoxy groups -OCH3 is 1. The van der Waals surface area contributed by atoms with Crippen LogP contribution in [0.4, 0.5) is 0 Å². The first-order valence-electron chi connectivity index (χ1n) is 7.70. The smallest absolute Gasteiger partial charge is 0.222 e. The van der Waals surface area contributed by atoms with Crippen LogP contribution >= 0.6 is 12.4 Å². The van der Waals surface area contributed by atoms with Crippen molar-refractivity contribution in [3.63, 3.8) is 0 Å². The van der Waals surface area contributed by atoms with Crippen LogP contribution in [0.25, 0.3) is 0 Å². The molecule has 2 rings (SSSR count). The number of carbonyl (C=O) groups excluding carboxylic acids is 1. The summed E-state index contributed by atoms with van der Waals surface area (Å²) in [5, 5.41) is 3.36. The number of nitrogens with zero attached hydrogens (tertiary/aromatic N) is 1. The van der Waals surface area contributed by atoms with E-state index in [1.165, 1.54) is 6.42 Å². The van der Waals surface area contributed by atoms with Crippen LogP contribution in [0, 0.1) is 5.92 Å². The van der Waals surface area contributed by atoms with Gasteiger partial charge in [0, 0.05) is 26.6 Å². The first-order valence-corrected chi connectivity index (χ1v) is 7.70. The molecule has 0 bridgehead atoms. The third kappa shape index (κ3) is 4.90. The lowest BCUT2D eigenvalue weighted by Crippen LogP contribution is -2.40. The molecule has 118 valence electrons. The molecule has 1 atom stereocenters. The van der Waals surface area contributed by atoms with E-state index in [0.29, 0.717) is 30.4 Å². The topological polar surface area (TPSA) is 41.6 Å². The predicted molar refractivity (Wildman–Crippen MR) is 83.3 cm³/mol. The van der Waals surface area contributed by atoms with E-state index in [9.17, 15) is 4.79 Å². The Kier molecular flexibility index (Phi) is 7.85. The molecule has 1 heterocycles. The fourth-order valence-electron chi connectivity index (χ4n) is 3.34. The first kappa shape index (κ1) is 17.7. The normalized spacial score (nSPS) is 29.8. The zero-order valence-electron chi connectivity index (χ0n) is 12.8. The summed E-state index contributed by atoms with van der Waals surface area (Å²) >= 11 is 0. The van der Waals surface area contributed by atoms with E-state index in [2.05, 4.69) is 5.32 Å². The number of carbonyl (C=O) groups is 1. The summed E-state index contributed by atoms with van der Waals surface area (Å²) in [4.78, 5) is 14.2. The van der Waals surface area contributed by atoms with Gasteiger partial charge in [-0.15, -0.1) is 12.4 Å². The molecule has 0 spiro atoms. The Morgan fingerprint density at radius 2 is 1.95 bits per heavy atom. The van der Waals surface area contributed by atoms with Gasteiger partial charge in [-0.25, -0.2) is 0 Å². The van der Waals surface area contributed by atoms with Gasteiger partial charge >= 0.3 is 0 Å². The summed E-state index contributed by atoms with van der Waals surface area (Å²) in [5.41, 5.74) is 0. The molecule has 4 nitrogen and oxygen atoms in total. The third-order valence-corrected chi connectivity index (χ3v) is 4.85. The van der Waals surface area contributed by atoms with Crippen molar-refractivity contribution in [3.8, 4) is 0 Å². The SMILES string of the molecule is COC1CCC(N(C)C(=O)CCC2CCNC2)CC1.Cl. The molecular formula is C15H29ClN2O2. The number of amides is 1. The van der Waals surface area contributed by atoms with E-state index in [4.69, 9.17) is 4.74 Å². The molecule has 5 heteroatoms. The molecule has 1 amide bonds. The Bertz CT molecular complexity index is 288. The van der Waals surface area contributed by atoms with Crippen LogP contribution in [-0.4, -0.2) is 50.2 Å². The molecule has 1 aliphatic carbocycles. The van der Waals surface area contributed by atoms with Crippen molar-refractivity contribution in [2.75, 3.05) is 27.2 Å². The average molecular weight is 305 g/mol. The van der Waals surface area contributed by atoms with Crippen LogP contribution < -0.4 is 5.32 Å². The Morgan fingerprint density at radius 1 is 1.25 bits per heavy atom. The summed E-state index contributed by atoms with van der Waals surface area (Å²) in [6.45, 7) is 2.21. The zero-order valence-corrected chi connectivity index (χ0v) is 13.6. The number of ether oxygens (including phenoxy) is 1. The van der Waals surface area contributed by atoms with Gasteiger partial charge in [-0.05, 0) is 57.5 Å². The van der Waals surface area contributed by atoms with Crippen molar-refractivity contribution in [3.05, 3.63) is 0 Å². The Morgan fingerprint density at radius 3 is 2.50 bits per heavy atom. The molecule has 0 aromatic heterocycles. The van der Waals surface area contributed by atoms with Gasteiger partial charge in [0.25, 0.3) is 0 Å². The van der Waals surface area contributed by atoms with Crippen molar-refractivity contribution in [1.82, 2.24) is 10.2 Å². The van der Waals surface area contributed by atoms with E-state index in [0.717, 1.165) is 45.2 Å². The highest BCUT2D eigenvalue weighted by molar-refractivity contribution is 5.85. The van der Waals surface area contributed by atoms with Crippen LogP contribution in [0.5, 0.6) is 0 Å². The largest absolute Gasteiger partial charge is 0.381 e. The van der Waals surface area contributed by atoms with Crippen LogP contribution in [-0.2, 0) is 9.53 Å². The highest BCUT2D eigenvalue weighted by Gasteiger charge is 2.26. The van der Waals surface area contributed by atoms with Gasteiger partial charge in [0.15, 0.2) is 0 Å². The molecular weight excluding hydrogens is 276 g/mol. The van der Waals surface area contributed by atoms with Crippen LogP contribution in [0.2, 0.25) is 0 Å². The molecule has 2 aliphatic rings. The summed E-state index contributed by atoms with van der Waals surface area (Å²) in [5.74, 6) is 1.04. The van der Waals surface area contributed by atoms with Crippen LogP contribution in [0.15, 0.2) is 0 Å². The lowest BCUT2D eigenvalue weighted by atomic mass is 9.91. The zero-order chi connectivity index (χ0) is 13.7. The number of halogens is 1. The summed E-state index contributed by atoms with van der Waals surface area (Å²) in [6.07, 6.45) is 7.75. The van der Waals surface area contributed by atoms with E-state index in [1.54, 1.807) is 7.11 Å². The Balaban J connectivity index is 0.00000200. The van der Waals surface area contributed by atoms with Gasteiger partial charge in [-0.3, -0.25) is 4.79 Å². The molecule has 2 fully saturated rings. The minimum atomic E-state index is 0. The summed E-state index contributed by atoms with van der Waals surface area (Å²) in [7, 11) is 3.77. The van der Waals surface area contributed by atoms with Crippen molar-refractivity contribution in [2.24, 2.45) is 5.92 Å². The van der Waals surface area contributed by atoms with Crippen molar-refractivity contribution in [1.29, 1.82) is 0 Å². The molecule has 0 aromatic carbocycles. The molecule has 1 unspecified atom stereocenters.